The number of amides is 4. The number of hydrogen-bond donors (Lipinski definition) is 1. The zero-order valence-electron chi connectivity index (χ0n) is 17.9. The molecule has 0 unspecified atom stereocenters. The molecule has 0 spiro atoms. The van der Waals surface area contributed by atoms with Crippen LogP contribution in [0.25, 0.3) is 0 Å². The maximum atomic E-state index is 14.3. The molecule has 3 aliphatic rings. The van der Waals surface area contributed by atoms with E-state index in [4.69, 9.17) is 9.47 Å². The molecule has 2 saturated heterocycles. The summed E-state index contributed by atoms with van der Waals surface area (Å²) in [5.41, 5.74) is -0.412. The Kier molecular flexibility index (Phi) is 5.40. The number of nitrogens with one attached hydrogen (secondary N) is 1. The molecular formula is C23H22FN3O5S. The van der Waals surface area contributed by atoms with Gasteiger partial charge in [0, 0.05) is 17.9 Å². The first-order chi connectivity index (χ1) is 15.9. The molecule has 2 aromatic carbocycles. The molecule has 172 valence electrons. The predicted molar refractivity (Wildman–Crippen MR) is 118 cm³/mol. The SMILES string of the molecule is C[C@]1(c2ccc3c(c2)OCCO3)NC(=O)N(CC(=O)N2CCS[C@H]2c2ccccc2F)C1=O. The van der Waals surface area contributed by atoms with E-state index in [1.54, 1.807) is 43.3 Å². The molecule has 10 heteroatoms. The number of imide groups is 1. The van der Waals surface area contributed by atoms with E-state index in [1.165, 1.54) is 22.7 Å². The Morgan fingerprint density at radius 3 is 2.73 bits per heavy atom. The van der Waals surface area contributed by atoms with Crippen LogP contribution < -0.4 is 14.8 Å². The number of hydrogen-bond acceptors (Lipinski definition) is 6. The summed E-state index contributed by atoms with van der Waals surface area (Å²) in [5.74, 6) is 0.368. The van der Waals surface area contributed by atoms with E-state index in [0.29, 0.717) is 48.1 Å². The molecule has 8 nitrogen and oxygen atoms in total. The van der Waals surface area contributed by atoms with Crippen molar-refractivity contribution >= 4 is 29.6 Å². The molecule has 0 bridgehead atoms. The van der Waals surface area contributed by atoms with Crippen LogP contribution in [0.4, 0.5) is 9.18 Å². The van der Waals surface area contributed by atoms with Gasteiger partial charge >= 0.3 is 6.03 Å². The Bertz CT molecular complexity index is 1140. The Hall–Kier alpha value is -3.27. The van der Waals surface area contributed by atoms with Gasteiger partial charge in [-0.3, -0.25) is 14.5 Å². The summed E-state index contributed by atoms with van der Waals surface area (Å²) in [7, 11) is 0. The highest BCUT2D eigenvalue weighted by Gasteiger charge is 2.50. The molecule has 2 atom stereocenters. The third kappa shape index (κ3) is 3.68. The molecule has 0 aromatic heterocycles. The van der Waals surface area contributed by atoms with E-state index in [9.17, 15) is 18.8 Å². The second kappa shape index (κ2) is 8.26. The van der Waals surface area contributed by atoms with Crippen molar-refractivity contribution in [2.75, 3.05) is 32.1 Å². The predicted octanol–water partition coefficient (Wildman–Crippen LogP) is 2.64. The van der Waals surface area contributed by atoms with Gasteiger partial charge in [-0.2, -0.15) is 0 Å². The van der Waals surface area contributed by atoms with Crippen LogP contribution in [0.15, 0.2) is 42.5 Å². The highest BCUT2D eigenvalue weighted by Crippen LogP contribution is 2.40. The summed E-state index contributed by atoms with van der Waals surface area (Å²) >= 11 is 1.45. The highest BCUT2D eigenvalue weighted by atomic mass is 32.2. The number of thioether (sulfide) groups is 1. The smallest absolute Gasteiger partial charge is 0.325 e. The lowest BCUT2D eigenvalue weighted by Crippen LogP contribution is -2.44. The van der Waals surface area contributed by atoms with Gasteiger partial charge in [-0.15, -0.1) is 11.8 Å². The van der Waals surface area contributed by atoms with Crippen LogP contribution in [0.2, 0.25) is 0 Å². The Morgan fingerprint density at radius 1 is 1.18 bits per heavy atom. The van der Waals surface area contributed by atoms with Gasteiger partial charge in [0.05, 0.1) is 0 Å². The van der Waals surface area contributed by atoms with Gasteiger partial charge in [0.15, 0.2) is 11.5 Å². The van der Waals surface area contributed by atoms with Crippen LogP contribution >= 0.6 is 11.8 Å². The molecule has 3 heterocycles. The number of halogens is 1. The Labute approximate surface area is 194 Å². The third-order valence-electron chi connectivity index (χ3n) is 6.07. The van der Waals surface area contributed by atoms with Crippen LogP contribution in [-0.2, 0) is 15.1 Å². The number of fused-ring (bicyclic) bond motifs is 1. The standard InChI is InChI=1S/C23H22FN3O5S/c1-23(14-6-7-17-18(12-14)32-10-9-31-17)21(29)27(22(30)25-23)13-19(28)26-8-11-33-20(26)15-4-2-3-5-16(15)24/h2-7,12,20H,8-11,13H2,1H3,(H,25,30)/t20-,23+/m0/s1. The zero-order chi connectivity index (χ0) is 23.2. The quantitative estimate of drug-likeness (QED) is 0.690. The number of carbonyl (C=O) groups excluding carboxylic acids is 3. The maximum Gasteiger partial charge on any atom is 0.325 e. The van der Waals surface area contributed by atoms with E-state index in [1.807, 2.05) is 0 Å². The first-order valence-corrected chi connectivity index (χ1v) is 11.6. The van der Waals surface area contributed by atoms with Crippen LogP contribution in [0, 0.1) is 5.82 Å². The van der Waals surface area contributed by atoms with Gasteiger partial charge in [-0.05, 0) is 30.7 Å². The van der Waals surface area contributed by atoms with Gasteiger partial charge < -0.3 is 19.7 Å². The average Bonchev–Trinajstić information content (AvgIpc) is 3.39. The van der Waals surface area contributed by atoms with E-state index in [-0.39, 0.29) is 0 Å². The van der Waals surface area contributed by atoms with Crippen LogP contribution in [0.5, 0.6) is 11.5 Å². The number of urea groups is 1. The molecule has 2 aromatic rings. The summed E-state index contributed by atoms with van der Waals surface area (Å²) in [6.07, 6.45) is 0. The van der Waals surface area contributed by atoms with Crippen molar-refractivity contribution in [1.82, 2.24) is 15.1 Å². The van der Waals surface area contributed by atoms with Crippen molar-refractivity contribution < 1.29 is 28.2 Å². The van der Waals surface area contributed by atoms with E-state index >= 15 is 0 Å². The molecule has 1 N–H and O–H groups in total. The zero-order valence-corrected chi connectivity index (χ0v) is 18.7. The number of rotatable bonds is 4. The van der Waals surface area contributed by atoms with Crippen LogP contribution in [0.1, 0.15) is 23.4 Å². The van der Waals surface area contributed by atoms with Crippen molar-refractivity contribution in [1.29, 1.82) is 0 Å². The molecule has 0 radical (unpaired) electrons. The topological polar surface area (TPSA) is 88.2 Å². The van der Waals surface area contributed by atoms with Crippen molar-refractivity contribution in [3.63, 3.8) is 0 Å². The highest BCUT2D eigenvalue weighted by molar-refractivity contribution is 7.99. The van der Waals surface area contributed by atoms with Crippen LogP contribution in [0.3, 0.4) is 0 Å². The van der Waals surface area contributed by atoms with E-state index < -0.39 is 41.1 Å². The van der Waals surface area contributed by atoms with Gasteiger partial charge in [0.1, 0.15) is 36.5 Å². The minimum Gasteiger partial charge on any atom is -0.486 e. The fraction of sp³-hybridized carbons (Fsp3) is 0.348. The average molecular weight is 472 g/mol. The molecule has 4 amide bonds. The van der Waals surface area contributed by atoms with Crippen molar-refractivity contribution in [3.05, 3.63) is 59.4 Å². The Balaban J connectivity index is 1.35. The van der Waals surface area contributed by atoms with Crippen LogP contribution in [-0.4, -0.2) is 59.7 Å². The normalized spacial score (nSPS) is 24.2. The second-order valence-corrected chi connectivity index (χ2v) is 9.32. The number of benzene rings is 2. The fourth-order valence-corrected chi connectivity index (χ4v) is 5.57. The lowest BCUT2D eigenvalue weighted by Gasteiger charge is -2.27. The molecule has 2 fully saturated rings. The molecule has 5 rings (SSSR count). The number of carbonyl (C=O) groups is 3. The summed E-state index contributed by atoms with van der Waals surface area (Å²) in [6, 6.07) is 10.7. The van der Waals surface area contributed by atoms with Gasteiger partial charge in [-0.1, -0.05) is 24.3 Å². The first-order valence-electron chi connectivity index (χ1n) is 10.6. The van der Waals surface area contributed by atoms with Gasteiger partial charge in [-0.25, -0.2) is 9.18 Å². The molecule has 0 aliphatic carbocycles. The molecule has 3 aliphatic heterocycles. The molecular weight excluding hydrogens is 449 g/mol. The lowest BCUT2D eigenvalue weighted by molar-refractivity contribution is -0.139. The van der Waals surface area contributed by atoms with Crippen molar-refractivity contribution in [2.45, 2.75) is 17.8 Å². The first kappa shape index (κ1) is 21.6. The molecule has 0 saturated carbocycles. The van der Waals surface area contributed by atoms with Gasteiger partial charge in [0.25, 0.3) is 5.91 Å². The monoisotopic (exact) mass is 471 g/mol. The van der Waals surface area contributed by atoms with Crippen molar-refractivity contribution in [2.24, 2.45) is 0 Å². The molecule has 33 heavy (non-hydrogen) atoms. The summed E-state index contributed by atoms with van der Waals surface area (Å²) in [5, 5.41) is 2.21. The minimum absolute atomic E-state index is 0.393. The van der Waals surface area contributed by atoms with Crippen molar-refractivity contribution in [3.8, 4) is 11.5 Å². The lowest BCUT2D eigenvalue weighted by atomic mass is 9.91. The largest absolute Gasteiger partial charge is 0.486 e. The summed E-state index contributed by atoms with van der Waals surface area (Å²) < 4.78 is 25.4. The maximum absolute atomic E-state index is 14.3. The third-order valence-corrected chi connectivity index (χ3v) is 7.31. The summed E-state index contributed by atoms with van der Waals surface area (Å²) in [4.78, 5) is 41.6. The number of ether oxygens (including phenoxy) is 2. The van der Waals surface area contributed by atoms with E-state index in [0.717, 1.165) is 4.90 Å². The fourth-order valence-electron chi connectivity index (χ4n) is 4.28. The number of nitrogens with zero attached hydrogens (tertiary/aromatic N) is 2. The minimum atomic E-state index is -1.35. The van der Waals surface area contributed by atoms with E-state index in [2.05, 4.69) is 5.32 Å². The Morgan fingerprint density at radius 2 is 1.94 bits per heavy atom. The second-order valence-electron chi connectivity index (χ2n) is 8.14. The van der Waals surface area contributed by atoms with Gasteiger partial charge in [0.2, 0.25) is 5.91 Å². The summed E-state index contributed by atoms with van der Waals surface area (Å²) in [6.45, 7) is 2.42.